The molecule has 18 heavy (non-hydrogen) atoms. The monoisotopic (exact) mass is 270 g/mol. The van der Waals surface area contributed by atoms with Crippen LogP contribution in [0.25, 0.3) is 0 Å². The average Bonchev–Trinajstić information content (AvgIpc) is 2.53. The van der Waals surface area contributed by atoms with E-state index in [2.05, 4.69) is 15.4 Å². The van der Waals surface area contributed by atoms with Gasteiger partial charge >= 0.3 is 6.09 Å². The van der Waals surface area contributed by atoms with Gasteiger partial charge in [0.2, 0.25) is 5.91 Å². The Hall–Kier alpha value is -1.89. The van der Waals surface area contributed by atoms with E-state index in [0.29, 0.717) is 5.00 Å². The van der Waals surface area contributed by atoms with Crippen molar-refractivity contribution in [3.63, 3.8) is 0 Å². The summed E-state index contributed by atoms with van der Waals surface area (Å²) in [5, 5.41) is 5.07. The summed E-state index contributed by atoms with van der Waals surface area (Å²) in [4.78, 5) is 34.9. The van der Waals surface area contributed by atoms with Crippen molar-refractivity contribution < 1.29 is 19.1 Å². The molecule has 0 aliphatic rings. The van der Waals surface area contributed by atoms with E-state index in [1.54, 1.807) is 6.92 Å². The highest BCUT2D eigenvalue weighted by molar-refractivity contribution is 7.16. The van der Waals surface area contributed by atoms with Crippen molar-refractivity contribution in [3.8, 4) is 0 Å². The van der Waals surface area contributed by atoms with Crippen molar-refractivity contribution >= 4 is 34.2 Å². The van der Waals surface area contributed by atoms with Gasteiger partial charge in [0.1, 0.15) is 5.00 Å². The predicted molar refractivity (Wildman–Crippen MR) is 68.0 cm³/mol. The van der Waals surface area contributed by atoms with Crippen LogP contribution >= 0.6 is 11.3 Å². The molecule has 1 heterocycles. The van der Waals surface area contributed by atoms with Crippen molar-refractivity contribution in [3.05, 3.63) is 16.0 Å². The van der Waals surface area contributed by atoms with E-state index in [0.717, 1.165) is 10.4 Å². The van der Waals surface area contributed by atoms with Crippen LogP contribution in [0.1, 0.15) is 27.7 Å². The highest BCUT2D eigenvalue weighted by Gasteiger charge is 2.21. The van der Waals surface area contributed by atoms with Crippen LogP contribution in [0.2, 0.25) is 0 Å². The normalized spacial score (nSPS) is 9.78. The maximum Gasteiger partial charge on any atom is 0.413 e. The van der Waals surface area contributed by atoms with Gasteiger partial charge in [-0.3, -0.25) is 14.9 Å². The number of rotatable bonds is 2. The first kappa shape index (κ1) is 14.2. The van der Waals surface area contributed by atoms with Gasteiger partial charge in [-0.2, -0.15) is 0 Å². The number of hydrogen-bond donors (Lipinski definition) is 2. The molecule has 0 aliphatic carbocycles. The molecule has 0 aromatic carbocycles. The van der Waals surface area contributed by atoms with Crippen molar-refractivity contribution in [2.75, 3.05) is 12.4 Å². The highest BCUT2D eigenvalue weighted by atomic mass is 32.1. The van der Waals surface area contributed by atoms with Crippen LogP contribution in [0.15, 0.2) is 0 Å². The molecule has 0 atom stereocenters. The number of hydrogen-bond acceptors (Lipinski definition) is 5. The van der Waals surface area contributed by atoms with Crippen molar-refractivity contribution in [1.29, 1.82) is 0 Å². The van der Waals surface area contributed by atoms with Gasteiger partial charge in [0.15, 0.2) is 0 Å². The van der Waals surface area contributed by atoms with E-state index in [1.165, 1.54) is 25.4 Å². The molecule has 1 aromatic heterocycles. The third-order valence-electron chi connectivity index (χ3n) is 2.30. The van der Waals surface area contributed by atoms with Crippen LogP contribution < -0.4 is 10.6 Å². The Kier molecular flexibility index (Phi) is 4.43. The summed E-state index contributed by atoms with van der Waals surface area (Å²) in [7, 11) is 1.17. The number of thiophene rings is 1. The Morgan fingerprint density at radius 3 is 2.33 bits per heavy atom. The first-order chi connectivity index (χ1) is 8.36. The van der Waals surface area contributed by atoms with E-state index in [1.807, 2.05) is 6.92 Å². The molecule has 1 rings (SSSR count). The molecule has 0 spiro atoms. The van der Waals surface area contributed by atoms with E-state index >= 15 is 0 Å². The lowest BCUT2D eigenvalue weighted by Crippen LogP contribution is -2.31. The number of carbonyl (C=O) groups excluding carboxylic acids is 3. The Bertz CT molecular complexity index is 507. The molecule has 2 N–H and O–H groups in total. The molecule has 6 nitrogen and oxygen atoms in total. The molecule has 0 aliphatic heterocycles. The fraction of sp³-hybridized carbons (Fsp3) is 0.364. The van der Waals surface area contributed by atoms with Gasteiger partial charge in [-0.15, -0.1) is 11.3 Å². The third kappa shape index (κ3) is 3.07. The molecule has 3 amide bonds. The molecule has 0 saturated heterocycles. The summed E-state index contributed by atoms with van der Waals surface area (Å²) in [6, 6.07) is 0. The van der Waals surface area contributed by atoms with E-state index in [-0.39, 0.29) is 11.5 Å². The number of imide groups is 1. The minimum Gasteiger partial charge on any atom is -0.453 e. The largest absolute Gasteiger partial charge is 0.453 e. The smallest absolute Gasteiger partial charge is 0.413 e. The van der Waals surface area contributed by atoms with Crippen molar-refractivity contribution in [2.45, 2.75) is 20.8 Å². The van der Waals surface area contributed by atoms with Crippen molar-refractivity contribution in [2.24, 2.45) is 0 Å². The zero-order valence-corrected chi connectivity index (χ0v) is 11.4. The SMILES string of the molecule is COC(=O)NC(=O)c1c(NC(C)=O)sc(C)c1C. The zero-order chi connectivity index (χ0) is 13.9. The average molecular weight is 270 g/mol. The maximum absolute atomic E-state index is 11.9. The van der Waals surface area contributed by atoms with E-state index in [4.69, 9.17) is 0 Å². The maximum atomic E-state index is 11.9. The van der Waals surface area contributed by atoms with Gasteiger partial charge < -0.3 is 10.1 Å². The molecular formula is C11H14N2O4S. The summed E-state index contributed by atoms with van der Waals surface area (Å²) in [5.74, 6) is -0.865. The lowest BCUT2D eigenvalue weighted by Gasteiger charge is -2.05. The van der Waals surface area contributed by atoms with Crippen LogP contribution in [-0.2, 0) is 9.53 Å². The number of carbonyl (C=O) groups is 3. The zero-order valence-electron chi connectivity index (χ0n) is 10.5. The number of methoxy groups -OCH3 is 1. The lowest BCUT2D eigenvalue weighted by atomic mass is 10.1. The van der Waals surface area contributed by atoms with Gasteiger partial charge in [-0.1, -0.05) is 0 Å². The Morgan fingerprint density at radius 1 is 1.22 bits per heavy atom. The molecule has 0 unspecified atom stereocenters. The Balaban J connectivity index is 3.09. The van der Waals surface area contributed by atoms with Crippen LogP contribution in [0.4, 0.5) is 9.80 Å². The highest BCUT2D eigenvalue weighted by Crippen LogP contribution is 2.32. The summed E-state index contributed by atoms with van der Waals surface area (Å²) >= 11 is 1.29. The number of anilines is 1. The fourth-order valence-electron chi connectivity index (χ4n) is 1.35. The Labute approximate surface area is 108 Å². The number of nitrogens with one attached hydrogen (secondary N) is 2. The van der Waals surface area contributed by atoms with Gasteiger partial charge in [-0.25, -0.2) is 4.79 Å². The molecule has 0 bridgehead atoms. The predicted octanol–water partition coefficient (Wildman–Crippen LogP) is 1.82. The second-order valence-corrected chi connectivity index (χ2v) is 4.84. The quantitative estimate of drug-likeness (QED) is 0.858. The molecule has 0 saturated carbocycles. The van der Waals surface area contributed by atoms with Gasteiger partial charge in [0, 0.05) is 11.8 Å². The minimum atomic E-state index is -0.836. The molecule has 0 fully saturated rings. The standard InChI is InChI=1S/C11H14N2O4S/c1-5-6(2)18-10(12-7(3)14)8(5)9(15)13-11(16)17-4/h1-4H3,(H,12,14)(H,13,15,16). The van der Waals surface area contributed by atoms with E-state index in [9.17, 15) is 14.4 Å². The third-order valence-corrected chi connectivity index (χ3v) is 3.43. The van der Waals surface area contributed by atoms with Gasteiger partial charge in [0.05, 0.1) is 12.7 Å². The van der Waals surface area contributed by atoms with Crippen LogP contribution in [0.5, 0.6) is 0 Å². The molecule has 7 heteroatoms. The van der Waals surface area contributed by atoms with Gasteiger partial charge in [0.25, 0.3) is 5.91 Å². The summed E-state index contributed by atoms with van der Waals surface area (Å²) in [6.45, 7) is 4.94. The summed E-state index contributed by atoms with van der Waals surface area (Å²) in [5.41, 5.74) is 1.02. The summed E-state index contributed by atoms with van der Waals surface area (Å²) in [6.07, 6.45) is -0.836. The minimum absolute atomic E-state index is 0.275. The van der Waals surface area contributed by atoms with Crippen molar-refractivity contribution in [1.82, 2.24) is 5.32 Å². The molecule has 0 radical (unpaired) electrons. The Morgan fingerprint density at radius 2 is 1.83 bits per heavy atom. The number of amides is 3. The molecular weight excluding hydrogens is 256 g/mol. The first-order valence-corrected chi connectivity index (χ1v) is 5.95. The van der Waals surface area contributed by atoms with Crippen LogP contribution in [0.3, 0.4) is 0 Å². The fourth-order valence-corrected chi connectivity index (χ4v) is 2.46. The topological polar surface area (TPSA) is 84.5 Å². The van der Waals surface area contributed by atoms with E-state index < -0.39 is 12.0 Å². The second-order valence-electron chi connectivity index (χ2n) is 3.61. The number of alkyl carbamates (subject to hydrolysis) is 1. The van der Waals surface area contributed by atoms with Crippen LogP contribution in [0, 0.1) is 13.8 Å². The second kappa shape index (κ2) is 5.63. The first-order valence-electron chi connectivity index (χ1n) is 5.13. The lowest BCUT2D eigenvalue weighted by molar-refractivity contribution is -0.114. The molecule has 98 valence electrons. The summed E-state index contributed by atoms with van der Waals surface area (Å²) < 4.78 is 4.36. The number of ether oxygens (including phenoxy) is 1. The van der Waals surface area contributed by atoms with Gasteiger partial charge in [-0.05, 0) is 19.4 Å². The van der Waals surface area contributed by atoms with Crippen LogP contribution in [-0.4, -0.2) is 25.0 Å². The molecule has 1 aromatic rings. The number of aryl methyl sites for hydroxylation is 1.